The summed E-state index contributed by atoms with van der Waals surface area (Å²) in [5, 5.41) is 3.64. The summed E-state index contributed by atoms with van der Waals surface area (Å²) in [6.07, 6.45) is 1.83. The molecule has 0 unspecified atom stereocenters. The molecule has 0 saturated heterocycles. The molecule has 140 valence electrons. The number of rotatable bonds is 9. The van der Waals surface area contributed by atoms with E-state index < -0.39 is 6.10 Å². The van der Waals surface area contributed by atoms with Gasteiger partial charge in [-0.15, -0.1) is 0 Å². The molecule has 0 heterocycles. The first kappa shape index (κ1) is 20.1. The summed E-state index contributed by atoms with van der Waals surface area (Å²) in [6.45, 7) is 4.45. The van der Waals surface area contributed by atoms with Crippen molar-refractivity contribution in [3.8, 4) is 11.5 Å². The van der Waals surface area contributed by atoms with Crippen molar-refractivity contribution < 1.29 is 14.3 Å². The van der Waals surface area contributed by atoms with Gasteiger partial charge < -0.3 is 14.8 Å². The van der Waals surface area contributed by atoms with Crippen LogP contribution in [0.1, 0.15) is 30.9 Å². The van der Waals surface area contributed by atoms with Crippen LogP contribution in [0.3, 0.4) is 0 Å². The number of aryl methyl sites for hydroxylation is 2. The zero-order valence-electron chi connectivity index (χ0n) is 15.5. The average molecular weight is 376 g/mol. The molecule has 0 radical (unpaired) electrons. The van der Waals surface area contributed by atoms with Crippen molar-refractivity contribution in [2.45, 2.75) is 39.2 Å². The van der Waals surface area contributed by atoms with Crippen molar-refractivity contribution in [3.05, 3.63) is 58.6 Å². The monoisotopic (exact) mass is 375 g/mol. The van der Waals surface area contributed by atoms with Crippen molar-refractivity contribution in [3.63, 3.8) is 0 Å². The highest BCUT2D eigenvalue weighted by Crippen LogP contribution is 2.22. The molecule has 0 aliphatic rings. The lowest BCUT2D eigenvalue weighted by molar-refractivity contribution is -0.128. The molecule has 0 aromatic heterocycles. The number of halogens is 1. The zero-order valence-corrected chi connectivity index (χ0v) is 16.3. The van der Waals surface area contributed by atoms with E-state index in [0.29, 0.717) is 23.7 Å². The predicted octanol–water partition coefficient (Wildman–Crippen LogP) is 4.56. The van der Waals surface area contributed by atoms with Crippen molar-refractivity contribution in [1.82, 2.24) is 5.32 Å². The lowest BCUT2D eigenvalue weighted by Crippen LogP contribution is -2.38. The average Bonchev–Trinajstić information content (AvgIpc) is 2.66. The van der Waals surface area contributed by atoms with Gasteiger partial charge in [-0.1, -0.05) is 30.7 Å². The van der Waals surface area contributed by atoms with E-state index in [2.05, 4.69) is 11.4 Å². The quantitative estimate of drug-likeness (QED) is 0.653. The Hall–Kier alpha value is -2.20. The summed E-state index contributed by atoms with van der Waals surface area (Å²) >= 11 is 6.02. The van der Waals surface area contributed by atoms with Gasteiger partial charge >= 0.3 is 0 Å². The first-order valence-corrected chi connectivity index (χ1v) is 9.24. The van der Waals surface area contributed by atoms with Gasteiger partial charge in [0.1, 0.15) is 11.5 Å². The van der Waals surface area contributed by atoms with E-state index in [1.165, 1.54) is 5.56 Å². The molecule has 2 rings (SSSR count). The second-order valence-corrected chi connectivity index (χ2v) is 6.58. The van der Waals surface area contributed by atoms with E-state index in [0.717, 1.165) is 24.2 Å². The third kappa shape index (κ3) is 5.95. The summed E-state index contributed by atoms with van der Waals surface area (Å²) < 4.78 is 11.0. The van der Waals surface area contributed by atoms with Crippen LogP contribution in [0.4, 0.5) is 0 Å². The van der Waals surface area contributed by atoms with Gasteiger partial charge in [0.15, 0.2) is 6.10 Å². The number of carbonyl (C=O) groups excluding carboxylic acids is 1. The molecule has 2 aromatic rings. The molecule has 0 spiro atoms. The van der Waals surface area contributed by atoms with Gasteiger partial charge in [0.05, 0.1) is 7.11 Å². The first-order valence-electron chi connectivity index (χ1n) is 8.87. The molecule has 0 aliphatic heterocycles. The molecule has 4 nitrogen and oxygen atoms in total. The molecule has 0 fully saturated rings. The van der Waals surface area contributed by atoms with Crippen LogP contribution in [-0.2, 0) is 11.2 Å². The van der Waals surface area contributed by atoms with Gasteiger partial charge in [0, 0.05) is 11.6 Å². The Morgan fingerprint density at radius 3 is 2.69 bits per heavy atom. The van der Waals surface area contributed by atoms with Gasteiger partial charge in [-0.3, -0.25) is 4.79 Å². The Labute approximate surface area is 160 Å². The molecule has 1 atom stereocenters. The highest BCUT2D eigenvalue weighted by Gasteiger charge is 2.18. The van der Waals surface area contributed by atoms with E-state index >= 15 is 0 Å². The number of ether oxygens (including phenoxy) is 2. The summed E-state index contributed by atoms with van der Waals surface area (Å²) in [7, 11) is 1.66. The van der Waals surface area contributed by atoms with Crippen LogP contribution in [0.5, 0.6) is 11.5 Å². The minimum Gasteiger partial charge on any atom is -0.497 e. The van der Waals surface area contributed by atoms with Crippen molar-refractivity contribution in [2.24, 2.45) is 0 Å². The predicted molar refractivity (Wildman–Crippen MR) is 105 cm³/mol. The second-order valence-electron chi connectivity index (χ2n) is 6.17. The minimum atomic E-state index is -0.507. The number of carbonyl (C=O) groups is 1. The smallest absolute Gasteiger partial charge is 0.261 e. The van der Waals surface area contributed by atoms with Crippen LogP contribution in [0.25, 0.3) is 0 Å². The maximum atomic E-state index is 12.4. The lowest BCUT2D eigenvalue weighted by atomic mass is 10.1. The van der Waals surface area contributed by atoms with Crippen LogP contribution in [0.15, 0.2) is 42.5 Å². The molecule has 5 heteroatoms. The molecule has 1 amide bonds. The number of hydrogen-bond acceptors (Lipinski definition) is 3. The van der Waals surface area contributed by atoms with Gasteiger partial charge in [0.25, 0.3) is 5.91 Å². The molecule has 26 heavy (non-hydrogen) atoms. The SMILES string of the molecule is CC[C@H](Oc1ccc(Cl)c(C)c1)C(=O)NCCCc1cccc(OC)c1. The Morgan fingerprint density at radius 2 is 2.00 bits per heavy atom. The number of methoxy groups -OCH3 is 1. The Bertz CT molecular complexity index is 733. The number of amides is 1. The van der Waals surface area contributed by atoms with E-state index in [-0.39, 0.29) is 5.91 Å². The first-order chi connectivity index (χ1) is 12.5. The van der Waals surface area contributed by atoms with Crippen molar-refractivity contribution in [2.75, 3.05) is 13.7 Å². The van der Waals surface area contributed by atoms with E-state index in [1.54, 1.807) is 19.2 Å². The molecular formula is C21H26ClNO3. The Balaban J connectivity index is 1.80. The fourth-order valence-corrected chi connectivity index (χ4v) is 2.74. The highest BCUT2D eigenvalue weighted by atomic mass is 35.5. The fourth-order valence-electron chi connectivity index (χ4n) is 2.62. The van der Waals surface area contributed by atoms with Gasteiger partial charge in [-0.05, 0) is 67.6 Å². The summed E-state index contributed by atoms with van der Waals surface area (Å²) in [5.74, 6) is 1.42. The Kier molecular flexibility index (Phi) is 7.79. The van der Waals surface area contributed by atoms with Gasteiger partial charge in [-0.2, -0.15) is 0 Å². The number of hydrogen-bond donors (Lipinski definition) is 1. The van der Waals surface area contributed by atoms with E-state index in [9.17, 15) is 4.79 Å². The molecule has 0 bridgehead atoms. The topological polar surface area (TPSA) is 47.6 Å². The summed E-state index contributed by atoms with van der Waals surface area (Å²) in [4.78, 5) is 12.4. The largest absolute Gasteiger partial charge is 0.497 e. The maximum absolute atomic E-state index is 12.4. The minimum absolute atomic E-state index is 0.0919. The van der Waals surface area contributed by atoms with E-state index in [4.69, 9.17) is 21.1 Å². The van der Waals surface area contributed by atoms with Crippen LogP contribution >= 0.6 is 11.6 Å². The summed E-state index contributed by atoms with van der Waals surface area (Å²) in [6, 6.07) is 13.4. The molecule has 1 N–H and O–H groups in total. The molecule has 0 saturated carbocycles. The van der Waals surface area contributed by atoms with Crippen LogP contribution in [-0.4, -0.2) is 25.7 Å². The van der Waals surface area contributed by atoms with E-state index in [1.807, 2.05) is 38.1 Å². The zero-order chi connectivity index (χ0) is 18.9. The Morgan fingerprint density at radius 1 is 1.19 bits per heavy atom. The lowest BCUT2D eigenvalue weighted by Gasteiger charge is -2.18. The molecule has 2 aromatic carbocycles. The molecular weight excluding hydrogens is 350 g/mol. The van der Waals surface area contributed by atoms with Crippen molar-refractivity contribution >= 4 is 17.5 Å². The summed E-state index contributed by atoms with van der Waals surface area (Å²) in [5.41, 5.74) is 2.12. The van der Waals surface area contributed by atoms with Crippen LogP contribution in [0.2, 0.25) is 5.02 Å². The normalized spacial score (nSPS) is 11.7. The van der Waals surface area contributed by atoms with Gasteiger partial charge in [0.2, 0.25) is 0 Å². The second kappa shape index (κ2) is 10.1. The van der Waals surface area contributed by atoms with Crippen molar-refractivity contribution in [1.29, 1.82) is 0 Å². The number of benzene rings is 2. The third-order valence-electron chi connectivity index (χ3n) is 4.15. The standard InChI is InChI=1S/C21H26ClNO3/c1-4-20(26-18-10-11-19(22)15(2)13-18)21(24)23-12-6-8-16-7-5-9-17(14-16)25-3/h5,7,9-11,13-14,20H,4,6,8,12H2,1-3H3,(H,23,24)/t20-/m0/s1. The molecule has 0 aliphatic carbocycles. The van der Waals surface area contributed by atoms with Gasteiger partial charge in [-0.25, -0.2) is 0 Å². The number of nitrogens with one attached hydrogen (secondary N) is 1. The van der Waals surface area contributed by atoms with Crippen LogP contribution in [0, 0.1) is 6.92 Å². The third-order valence-corrected chi connectivity index (χ3v) is 4.57. The fraction of sp³-hybridized carbons (Fsp3) is 0.381. The highest BCUT2D eigenvalue weighted by molar-refractivity contribution is 6.31. The maximum Gasteiger partial charge on any atom is 0.261 e. The van der Waals surface area contributed by atoms with Crippen LogP contribution < -0.4 is 14.8 Å².